The van der Waals surface area contributed by atoms with Gasteiger partial charge in [-0.3, -0.25) is 4.98 Å². The van der Waals surface area contributed by atoms with Crippen LogP contribution in [0.25, 0.3) is 0 Å². The van der Waals surface area contributed by atoms with E-state index >= 15 is 0 Å². The summed E-state index contributed by atoms with van der Waals surface area (Å²) < 4.78 is 0. The molecule has 0 bridgehead atoms. The Morgan fingerprint density at radius 1 is 1.24 bits per heavy atom. The third kappa shape index (κ3) is 2.73. The lowest BCUT2D eigenvalue weighted by atomic mass is 9.96. The monoisotopic (exact) mass is 246 g/mol. The molecule has 0 aliphatic heterocycles. The lowest BCUT2D eigenvalue weighted by Crippen LogP contribution is -2.21. The molecule has 2 aromatic rings. The molecule has 2 nitrogen and oxygen atoms in total. The zero-order valence-corrected chi connectivity index (χ0v) is 11.3. The Balaban J connectivity index is 2.25. The second-order valence-corrected chi connectivity index (χ2v) is 5.58. The summed E-state index contributed by atoms with van der Waals surface area (Å²) in [5.41, 5.74) is 1.14. The summed E-state index contributed by atoms with van der Waals surface area (Å²) in [7, 11) is 2.01. The molecule has 1 N–H and O–H groups in total. The van der Waals surface area contributed by atoms with Crippen molar-refractivity contribution in [2.24, 2.45) is 0 Å². The van der Waals surface area contributed by atoms with E-state index in [4.69, 9.17) is 0 Å². The van der Waals surface area contributed by atoms with Gasteiger partial charge in [-0.05, 0) is 38.2 Å². The van der Waals surface area contributed by atoms with Gasteiger partial charge in [-0.15, -0.1) is 11.3 Å². The van der Waals surface area contributed by atoms with Gasteiger partial charge in [0.15, 0.2) is 0 Å². The predicted octanol–water partition coefficient (Wildman–Crippen LogP) is 3.52. The number of pyridine rings is 1. The van der Waals surface area contributed by atoms with Gasteiger partial charge >= 0.3 is 0 Å². The summed E-state index contributed by atoms with van der Waals surface area (Å²) in [5, 5.41) is 3.40. The quantitative estimate of drug-likeness (QED) is 0.893. The highest BCUT2D eigenvalue weighted by Gasteiger charge is 2.21. The smallest absolute Gasteiger partial charge is 0.0494 e. The normalized spacial score (nSPS) is 14.5. The van der Waals surface area contributed by atoms with Crippen molar-refractivity contribution in [2.75, 3.05) is 7.05 Å². The molecule has 2 aromatic heterocycles. The first-order valence-corrected chi connectivity index (χ1v) is 6.68. The molecule has 0 saturated carbocycles. The highest BCUT2D eigenvalue weighted by Crippen LogP contribution is 2.32. The van der Waals surface area contributed by atoms with Gasteiger partial charge in [0, 0.05) is 33.6 Å². The summed E-state index contributed by atoms with van der Waals surface area (Å²) in [4.78, 5) is 7.18. The average molecular weight is 246 g/mol. The van der Waals surface area contributed by atoms with Crippen LogP contribution in [0, 0.1) is 6.92 Å². The van der Waals surface area contributed by atoms with Gasteiger partial charge in [0.2, 0.25) is 0 Å². The van der Waals surface area contributed by atoms with Crippen molar-refractivity contribution in [3.63, 3.8) is 0 Å². The van der Waals surface area contributed by atoms with E-state index < -0.39 is 0 Å². The fourth-order valence-corrected chi connectivity index (χ4v) is 3.17. The van der Waals surface area contributed by atoms with Crippen LogP contribution < -0.4 is 5.32 Å². The molecular weight excluding hydrogens is 228 g/mol. The Labute approximate surface area is 107 Å². The molecule has 2 rings (SSSR count). The Kier molecular flexibility index (Phi) is 3.92. The van der Waals surface area contributed by atoms with Crippen molar-refractivity contribution in [1.82, 2.24) is 10.3 Å². The van der Waals surface area contributed by atoms with Crippen LogP contribution >= 0.6 is 11.3 Å². The highest BCUT2D eigenvalue weighted by atomic mass is 32.1. The van der Waals surface area contributed by atoms with Crippen molar-refractivity contribution in [2.45, 2.75) is 25.8 Å². The first kappa shape index (κ1) is 12.3. The average Bonchev–Trinajstić information content (AvgIpc) is 2.78. The largest absolute Gasteiger partial charge is 0.312 e. The Morgan fingerprint density at radius 2 is 2.06 bits per heavy atom. The predicted molar refractivity (Wildman–Crippen MR) is 73.5 cm³/mol. The number of rotatable bonds is 4. The van der Waals surface area contributed by atoms with Crippen molar-refractivity contribution >= 4 is 11.3 Å². The van der Waals surface area contributed by atoms with Gasteiger partial charge in [-0.1, -0.05) is 13.0 Å². The van der Waals surface area contributed by atoms with Crippen LogP contribution in [0.2, 0.25) is 0 Å². The molecule has 2 unspecified atom stereocenters. The number of nitrogens with one attached hydrogen (secondary N) is 1. The maximum Gasteiger partial charge on any atom is 0.0494 e. The van der Waals surface area contributed by atoms with Crippen LogP contribution in [-0.4, -0.2) is 12.0 Å². The zero-order chi connectivity index (χ0) is 12.3. The Bertz CT molecular complexity index is 464. The third-order valence-corrected chi connectivity index (χ3v) is 4.12. The van der Waals surface area contributed by atoms with Crippen LogP contribution in [0.5, 0.6) is 0 Å². The molecule has 0 spiro atoms. The van der Waals surface area contributed by atoms with Gasteiger partial charge in [0.05, 0.1) is 0 Å². The molecule has 3 heteroatoms. The molecule has 0 aromatic carbocycles. The van der Waals surface area contributed by atoms with Crippen LogP contribution in [-0.2, 0) is 0 Å². The molecule has 0 amide bonds. The molecule has 0 saturated heterocycles. The molecule has 0 aliphatic rings. The SMILES string of the molecule is CNC(c1ccc(C)s1)C(C)c1ccccn1. The highest BCUT2D eigenvalue weighted by molar-refractivity contribution is 7.12. The lowest BCUT2D eigenvalue weighted by molar-refractivity contribution is 0.506. The van der Waals surface area contributed by atoms with E-state index in [0.717, 1.165) is 5.69 Å². The van der Waals surface area contributed by atoms with E-state index in [1.54, 1.807) is 0 Å². The maximum absolute atomic E-state index is 4.44. The first-order chi connectivity index (χ1) is 8.22. The number of thiophene rings is 1. The molecule has 2 atom stereocenters. The standard InChI is InChI=1S/C14H18N2S/c1-10-7-8-13(17-10)14(15-3)11(2)12-6-4-5-9-16-12/h4-9,11,14-15H,1-3H3. The molecule has 0 fully saturated rings. The fraction of sp³-hybridized carbons (Fsp3) is 0.357. The van der Waals surface area contributed by atoms with Gasteiger partial charge in [0.1, 0.15) is 0 Å². The lowest BCUT2D eigenvalue weighted by Gasteiger charge is -2.22. The van der Waals surface area contributed by atoms with Crippen LogP contribution in [0.3, 0.4) is 0 Å². The van der Waals surface area contributed by atoms with Crippen LogP contribution in [0.15, 0.2) is 36.5 Å². The fourth-order valence-electron chi connectivity index (χ4n) is 2.08. The summed E-state index contributed by atoms with van der Waals surface area (Å²) in [6.45, 7) is 4.37. The zero-order valence-electron chi connectivity index (χ0n) is 10.5. The number of hydrogen-bond acceptors (Lipinski definition) is 3. The number of aromatic nitrogens is 1. The minimum Gasteiger partial charge on any atom is -0.312 e. The van der Waals surface area contributed by atoms with Crippen LogP contribution in [0.1, 0.15) is 34.3 Å². The second-order valence-electron chi connectivity index (χ2n) is 4.26. The van der Waals surface area contributed by atoms with E-state index in [0.29, 0.717) is 12.0 Å². The minimum atomic E-state index is 0.337. The first-order valence-electron chi connectivity index (χ1n) is 5.87. The van der Waals surface area contributed by atoms with E-state index in [9.17, 15) is 0 Å². The van der Waals surface area contributed by atoms with Gasteiger partial charge in [-0.2, -0.15) is 0 Å². The van der Waals surface area contributed by atoms with E-state index in [2.05, 4.69) is 42.3 Å². The van der Waals surface area contributed by atoms with Crippen molar-refractivity contribution in [1.29, 1.82) is 0 Å². The number of nitrogens with zero attached hydrogens (tertiary/aromatic N) is 1. The molecule has 0 radical (unpaired) electrons. The Morgan fingerprint density at radius 3 is 2.59 bits per heavy atom. The summed E-state index contributed by atoms with van der Waals surface area (Å²) >= 11 is 1.85. The van der Waals surface area contributed by atoms with Gasteiger partial charge in [0.25, 0.3) is 0 Å². The molecule has 2 heterocycles. The van der Waals surface area contributed by atoms with Crippen molar-refractivity contribution in [3.05, 3.63) is 52.0 Å². The Hall–Kier alpha value is -1.19. The van der Waals surface area contributed by atoms with Crippen molar-refractivity contribution in [3.8, 4) is 0 Å². The molecular formula is C14H18N2S. The number of aryl methyl sites for hydroxylation is 1. The second kappa shape index (κ2) is 5.43. The van der Waals surface area contributed by atoms with Gasteiger partial charge in [-0.25, -0.2) is 0 Å². The van der Waals surface area contributed by atoms with Gasteiger partial charge < -0.3 is 5.32 Å². The summed E-state index contributed by atoms with van der Waals surface area (Å²) in [6, 6.07) is 10.8. The molecule has 17 heavy (non-hydrogen) atoms. The summed E-state index contributed by atoms with van der Waals surface area (Å²) in [5.74, 6) is 0.374. The topological polar surface area (TPSA) is 24.9 Å². The van der Waals surface area contributed by atoms with Crippen molar-refractivity contribution < 1.29 is 0 Å². The maximum atomic E-state index is 4.44. The van der Waals surface area contributed by atoms with E-state index in [1.807, 2.05) is 36.7 Å². The molecule has 0 aliphatic carbocycles. The van der Waals surface area contributed by atoms with Crippen LogP contribution in [0.4, 0.5) is 0 Å². The van der Waals surface area contributed by atoms with E-state index in [1.165, 1.54) is 9.75 Å². The number of hydrogen-bond donors (Lipinski definition) is 1. The third-order valence-electron chi connectivity index (χ3n) is 3.03. The molecule has 90 valence electrons. The summed E-state index contributed by atoms with van der Waals surface area (Å²) in [6.07, 6.45) is 1.86. The van der Waals surface area contributed by atoms with E-state index in [-0.39, 0.29) is 0 Å². The number of likely N-dealkylation sites (N-methyl/N-ethyl adjacent to an activating group) is 1. The minimum absolute atomic E-state index is 0.337.